The van der Waals surface area contributed by atoms with Crippen LogP contribution in [0.4, 0.5) is 0 Å². The van der Waals surface area contributed by atoms with Gasteiger partial charge in [0.15, 0.2) is 5.78 Å². The molecule has 70 valence electrons. The summed E-state index contributed by atoms with van der Waals surface area (Å²) in [6.07, 6.45) is 2.25. The Morgan fingerprint density at radius 3 is 2.42 bits per heavy atom. The topological polar surface area (TPSA) is 29.6 Å². The maximum atomic E-state index is 11.6. The van der Waals surface area contributed by atoms with Gasteiger partial charge in [0, 0.05) is 5.41 Å². The first-order valence-electron chi connectivity index (χ1n) is 4.66. The van der Waals surface area contributed by atoms with Crippen LogP contribution in [0, 0.1) is 5.41 Å². The number of hydrogen-bond donors (Lipinski definition) is 0. The normalized spacial score (nSPS) is 28.7. The molecule has 0 radical (unpaired) electrons. The van der Waals surface area contributed by atoms with E-state index in [1.54, 1.807) is 0 Å². The zero-order chi connectivity index (χ0) is 9.35. The molecule has 1 aliphatic heterocycles. The minimum absolute atomic E-state index is 0.0926. The van der Waals surface area contributed by atoms with Crippen molar-refractivity contribution in [3.05, 3.63) is 0 Å². The standard InChI is InChI=1S/C10H18O2/c1-5-6-7-8(12-7)9(11)10(2,3)4/h7-8H,5-6H2,1-4H3. The van der Waals surface area contributed by atoms with Crippen molar-refractivity contribution in [3.63, 3.8) is 0 Å². The van der Waals surface area contributed by atoms with Gasteiger partial charge in [0.25, 0.3) is 0 Å². The summed E-state index contributed by atoms with van der Waals surface area (Å²) in [6, 6.07) is 0. The van der Waals surface area contributed by atoms with E-state index in [-0.39, 0.29) is 23.4 Å². The molecule has 0 saturated carbocycles. The Balaban J connectivity index is 2.38. The average Bonchev–Trinajstić information content (AvgIpc) is 2.65. The summed E-state index contributed by atoms with van der Waals surface area (Å²) in [4.78, 5) is 11.6. The third kappa shape index (κ3) is 2.07. The second kappa shape index (κ2) is 3.17. The third-order valence-corrected chi connectivity index (χ3v) is 2.15. The molecule has 12 heavy (non-hydrogen) atoms. The van der Waals surface area contributed by atoms with Gasteiger partial charge < -0.3 is 4.74 Å². The van der Waals surface area contributed by atoms with Crippen molar-refractivity contribution in [2.24, 2.45) is 5.41 Å². The van der Waals surface area contributed by atoms with E-state index in [0.717, 1.165) is 12.8 Å². The minimum Gasteiger partial charge on any atom is -0.361 e. The van der Waals surface area contributed by atoms with E-state index in [4.69, 9.17) is 4.74 Å². The summed E-state index contributed by atoms with van der Waals surface area (Å²) in [5.74, 6) is 0.251. The van der Waals surface area contributed by atoms with Gasteiger partial charge in [-0.05, 0) is 6.42 Å². The molecule has 1 rings (SSSR count). The molecule has 0 aromatic heterocycles. The lowest BCUT2D eigenvalue weighted by Gasteiger charge is -2.14. The third-order valence-electron chi connectivity index (χ3n) is 2.15. The van der Waals surface area contributed by atoms with Crippen LogP contribution >= 0.6 is 0 Å². The number of ketones is 1. The average molecular weight is 170 g/mol. The van der Waals surface area contributed by atoms with Gasteiger partial charge in [-0.25, -0.2) is 0 Å². The van der Waals surface area contributed by atoms with Crippen molar-refractivity contribution in [1.82, 2.24) is 0 Å². The fourth-order valence-corrected chi connectivity index (χ4v) is 1.30. The molecule has 0 amide bonds. The van der Waals surface area contributed by atoms with Gasteiger partial charge in [-0.1, -0.05) is 34.1 Å². The molecule has 1 aliphatic rings. The SMILES string of the molecule is CCCC1OC1C(=O)C(C)(C)C. The van der Waals surface area contributed by atoms with E-state index in [2.05, 4.69) is 6.92 Å². The molecular formula is C10H18O2. The highest BCUT2D eigenvalue weighted by Crippen LogP contribution is 2.33. The molecule has 0 aromatic carbocycles. The Labute approximate surface area is 74.3 Å². The van der Waals surface area contributed by atoms with Crippen LogP contribution in [0.3, 0.4) is 0 Å². The molecule has 0 aromatic rings. The lowest BCUT2D eigenvalue weighted by atomic mass is 9.88. The molecule has 0 N–H and O–H groups in total. The molecule has 0 aliphatic carbocycles. The Morgan fingerprint density at radius 1 is 1.42 bits per heavy atom. The number of epoxide rings is 1. The van der Waals surface area contributed by atoms with Crippen LogP contribution in [0.5, 0.6) is 0 Å². The summed E-state index contributed by atoms with van der Waals surface area (Å²) in [5, 5.41) is 0. The summed E-state index contributed by atoms with van der Waals surface area (Å²) in [6.45, 7) is 7.94. The first-order chi connectivity index (χ1) is 5.46. The van der Waals surface area contributed by atoms with Crippen LogP contribution in [0.25, 0.3) is 0 Å². The van der Waals surface area contributed by atoms with Crippen LogP contribution in [0.15, 0.2) is 0 Å². The second-order valence-corrected chi connectivity index (χ2v) is 4.50. The minimum atomic E-state index is -0.243. The van der Waals surface area contributed by atoms with E-state index < -0.39 is 0 Å². The van der Waals surface area contributed by atoms with Gasteiger partial charge in [0.2, 0.25) is 0 Å². The van der Waals surface area contributed by atoms with E-state index in [1.165, 1.54) is 0 Å². The summed E-state index contributed by atoms with van der Waals surface area (Å²) in [5.41, 5.74) is -0.243. The van der Waals surface area contributed by atoms with Crippen LogP contribution in [0.2, 0.25) is 0 Å². The molecule has 2 nitrogen and oxygen atoms in total. The Kier molecular flexibility index (Phi) is 2.57. The van der Waals surface area contributed by atoms with Gasteiger partial charge in [0.1, 0.15) is 6.10 Å². The smallest absolute Gasteiger partial charge is 0.169 e. The maximum absolute atomic E-state index is 11.6. The number of hydrogen-bond acceptors (Lipinski definition) is 2. The van der Waals surface area contributed by atoms with Crippen LogP contribution in [-0.2, 0) is 9.53 Å². The van der Waals surface area contributed by atoms with Crippen molar-refractivity contribution in [2.75, 3.05) is 0 Å². The van der Waals surface area contributed by atoms with E-state index in [1.807, 2.05) is 20.8 Å². The fraction of sp³-hybridized carbons (Fsp3) is 0.900. The predicted molar refractivity (Wildman–Crippen MR) is 48.0 cm³/mol. The number of ether oxygens (including phenoxy) is 1. The van der Waals surface area contributed by atoms with E-state index >= 15 is 0 Å². The van der Waals surface area contributed by atoms with Crippen molar-refractivity contribution in [2.45, 2.75) is 52.7 Å². The Morgan fingerprint density at radius 2 is 2.00 bits per heavy atom. The zero-order valence-electron chi connectivity index (χ0n) is 8.39. The van der Waals surface area contributed by atoms with E-state index in [0.29, 0.717) is 0 Å². The number of carbonyl (C=O) groups is 1. The first-order valence-corrected chi connectivity index (χ1v) is 4.66. The first kappa shape index (κ1) is 9.72. The van der Waals surface area contributed by atoms with Crippen LogP contribution in [-0.4, -0.2) is 18.0 Å². The molecule has 1 heterocycles. The predicted octanol–water partition coefficient (Wildman–Crippen LogP) is 2.17. The quantitative estimate of drug-likeness (QED) is 0.607. The molecular weight excluding hydrogens is 152 g/mol. The number of rotatable bonds is 3. The number of Topliss-reactive ketones (excluding diaryl/α,β-unsaturated/α-hetero) is 1. The summed E-state index contributed by atoms with van der Waals surface area (Å²) < 4.78 is 5.30. The molecule has 1 fully saturated rings. The van der Waals surface area contributed by atoms with Gasteiger partial charge in [-0.15, -0.1) is 0 Å². The molecule has 2 atom stereocenters. The van der Waals surface area contributed by atoms with Gasteiger partial charge in [-0.2, -0.15) is 0 Å². The van der Waals surface area contributed by atoms with Crippen molar-refractivity contribution in [3.8, 4) is 0 Å². The molecule has 0 spiro atoms. The number of carbonyl (C=O) groups excluding carboxylic acids is 1. The highest BCUT2D eigenvalue weighted by Gasteiger charge is 2.47. The van der Waals surface area contributed by atoms with Gasteiger partial charge in [0.05, 0.1) is 6.10 Å². The monoisotopic (exact) mass is 170 g/mol. The maximum Gasteiger partial charge on any atom is 0.169 e. The molecule has 1 saturated heterocycles. The fourth-order valence-electron chi connectivity index (χ4n) is 1.30. The van der Waals surface area contributed by atoms with Gasteiger partial charge in [-0.3, -0.25) is 4.79 Å². The second-order valence-electron chi connectivity index (χ2n) is 4.50. The highest BCUT2D eigenvalue weighted by atomic mass is 16.6. The zero-order valence-corrected chi connectivity index (χ0v) is 8.39. The Bertz CT molecular complexity index is 179. The van der Waals surface area contributed by atoms with E-state index in [9.17, 15) is 4.79 Å². The van der Waals surface area contributed by atoms with Crippen LogP contribution < -0.4 is 0 Å². The van der Waals surface area contributed by atoms with Crippen molar-refractivity contribution < 1.29 is 9.53 Å². The summed E-state index contributed by atoms with van der Waals surface area (Å²) in [7, 11) is 0. The molecule has 2 heteroatoms. The molecule has 0 bridgehead atoms. The Hall–Kier alpha value is -0.370. The highest BCUT2D eigenvalue weighted by molar-refractivity contribution is 5.90. The van der Waals surface area contributed by atoms with Crippen molar-refractivity contribution in [1.29, 1.82) is 0 Å². The van der Waals surface area contributed by atoms with Crippen LogP contribution in [0.1, 0.15) is 40.5 Å². The lowest BCUT2D eigenvalue weighted by Crippen LogP contribution is -2.26. The van der Waals surface area contributed by atoms with Gasteiger partial charge >= 0.3 is 0 Å². The summed E-state index contributed by atoms with van der Waals surface area (Å²) >= 11 is 0. The van der Waals surface area contributed by atoms with Crippen molar-refractivity contribution >= 4 is 5.78 Å². The molecule has 2 unspecified atom stereocenters. The largest absolute Gasteiger partial charge is 0.361 e. The lowest BCUT2D eigenvalue weighted by molar-refractivity contribution is -0.127.